The van der Waals surface area contributed by atoms with Crippen LogP contribution in [-0.2, 0) is 25.2 Å². The van der Waals surface area contributed by atoms with Crippen molar-refractivity contribution in [3.63, 3.8) is 0 Å². The largest absolute Gasteiger partial charge is 0.463 e. The Labute approximate surface area is 63.7 Å². The average Bonchev–Trinajstić information content (AvgIpc) is 1.65. The van der Waals surface area contributed by atoms with Crippen LogP contribution in [0.4, 0.5) is 0 Å². The Hall–Kier alpha value is 0.822. The maximum absolute atomic E-state index is 5.06. The van der Waals surface area contributed by atoms with Crippen LogP contribution in [0.1, 0.15) is 0 Å². The molecule has 7 heavy (non-hydrogen) atoms. The number of hydrogen-bond acceptors (Lipinski definition) is 1. The molecule has 0 spiro atoms. The Morgan fingerprint density at radius 2 is 2.29 bits per heavy atom. The smallest absolute Gasteiger partial charge is 0.183 e. The van der Waals surface area contributed by atoms with Gasteiger partial charge in [0, 0.05) is 21.1 Å². The van der Waals surface area contributed by atoms with Gasteiger partial charge in [-0.1, -0.05) is 5.70 Å². The standard InChI is InChI=1S/C3H10OSi2.Pt/c1-3-6(2)4-5;/h3,6H,1H2,2,5H3;. The van der Waals surface area contributed by atoms with Crippen LogP contribution in [0.25, 0.3) is 0 Å². The molecule has 0 rings (SSSR count). The molecule has 1 atom stereocenters. The molecular formula is C3H10OPtSi2. The van der Waals surface area contributed by atoms with Crippen molar-refractivity contribution in [2.75, 3.05) is 0 Å². The van der Waals surface area contributed by atoms with Crippen molar-refractivity contribution < 1.29 is 25.2 Å². The van der Waals surface area contributed by atoms with Crippen LogP contribution in [0, 0.1) is 0 Å². The molecule has 0 aliphatic carbocycles. The summed E-state index contributed by atoms with van der Waals surface area (Å²) in [6.45, 7) is 5.70. The van der Waals surface area contributed by atoms with Gasteiger partial charge in [0.05, 0.1) is 0 Å². The van der Waals surface area contributed by atoms with E-state index in [9.17, 15) is 0 Å². The predicted octanol–water partition coefficient (Wildman–Crippen LogP) is -0.640. The fraction of sp³-hybridized carbons (Fsp3) is 0.333. The second kappa shape index (κ2) is 6.82. The van der Waals surface area contributed by atoms with Crippen LogP contribution in [-0.4, -0.2) is 19.5 Å². The van der Waals surface area contributed by atoms with Crippen LogP contribution < -0.4 is 0 Å². The van der Waals surface area contributed by atoms with Crippen molar-refractivity contribution in [1.82, 2.24) is 0 Å². The fourth-order valence-electron chi connectivity index (χ4n) is 0.0962. The summed E-state index contributed by atoms with van der Waals surface area (Å²) in [6, 6.07) is 0. The van der Waals surface area contributed by atoms with Crippen LogP contribution >= 0.6 is 0 Å². The molecule has 0 radical (unpaired) electrons. The number of rotatable bonds is 2. The second-order valence-electron chi connectivity index (χ2n) is 1.18. The van der Waals surface area contributed by atoms with Gasteiger partial charge in [-0.3, -0.25) is 0 Å². The van der Waals surface area contributed by atoms with Crippen LogP contribution in [0.15, 0.2) is 12.3 Å². The molecule has 0 aliphatic heterocycles. The van der Waals surface area contributed by atoms with E-state index in [0.717, 1.165) is 10.5 Å². The van der Waals surface area contributed by atoms with Crippen LogP contribution in [0.2, 0.25) is 6.55 Å². The fourth-order valence-corrected chi connectivity index (χ4v) is 0.866. The van der Waals surface area contributed by atoms with Gasteiger partial charge in [0.25, 0.3) is 0 Å². The van der Waals surface area contributed by atoms with Gasteiger partial charge in [-0.25, -0.2) is 0 Å². The Balaban J connectivity index is 0. The summed E-state index contributed by atoms with van der Waals surface area (Å²) in [6.07, 6.45) is 0. The molecule has 0 aromatic carbocycles. The molecule has 0 saturated carbocycles. The molecule has 1 nitrogen and oxygen atoms in total. The zero-order valence-corrected chi connectivity index (χ0v) is 10.0. The summed E-state index contributed by atoms with van der Waals surface area (Å²) in [5.41, 5.74) is 1.92. The van der Waals surface area contributed by atoms with Crippen molar-refractivity contribution in [2.24, 2.45) is 0 Å². The quantitative estimate of drug-likeness (QED) is 0.616. The first-order valence-corrected chi connectivity index (χ1v) is 5.07. The van der Waals surface area contributed by atoms with Crippen LogP contribution in [0.3, 0.4) is 0 Å². The van der Waals surface area contributed by atoms with E-state index >= 15 is 0 Å². The van der Waals surface area contributed by atoms with Crippen LogP contribution in [0.5, 0.6) is 0 Å². The third-order valence-corrected chi connectivity index (χ3v) is 4.34. The van der Waals surface area contributed by atoms with Crippen molar-refractivity contribution in [3.05, 3.63) is 12.3 Å². The van der Waals surface area contributed by atoms with E-state index in [1.807, 2.05) is 5.70 Å². The van der Waals surface area contributed by atoms with Gasteiger partial charge in [-0.15, -0.1) is 6.58 Å². The molecule has 0 heterocycles. The van der Waals surface area contributed by atoms with E-state index in [-0.39, 0.29) is 21.1 Å². The van der Waals surface area contributed by atoms with E-state index in [4.69, 9.17) is 4.12 Å². The van der Waals surface area contributed by atoms with Gasteiger partial charge in [-0.2, -0.15) is 0 Å². The SMILES string of the molecule is C=C[SiH](C)O[SiH3].[Pt]. The van der Waals surface area contributed by atoms with E-state index in [1.165, 1.54) is 0 Å². The number of hydrogen-bond donors (Lipinski definition) is 0. The Morgan fingerprint density at radius 1 is 1.86 bits per heavy atom. The average molecular weight is 313 g/mol. The van der Waals surface area contributed by atoms with Gasteiger partial charge in [-0.05, 0) is 6.55 Å². The summed E-state index contributed by atoms with van der Waals surface area (Å²) < 4.78 is 5.06. The summed E-state index contributed by atoms with van der Waals surface area (Å²) in [7, 11) is 0.0381. The molecule has 0 aliphatic rings. The summed E-state index contributed by atoms with van der Waals surface area (Å²) in [4.78, 5) is 0. The third kappa shape index (κ3) is 6.82. The van der Waals surface area contributed by atoms with Crippen molar-refractivity contribution in [1.29, 1.82) is 0 Å². The molecule has 0 saturated heterocycles. The van der Waals surface area contributed by atoms with Gasteiger partial charge in [0.2, 0.25) is 0 Å². The van der Waals surface area contributed by atoms with E-state index in [0.29, 0.717) is 0 Å². The van der Waals surface area contributed by atoms with E-state index in [1.54, 1.807) is 0 Å². The Bertz CT molecular complexity index is 50.2. The minimum absolute atomic E-state index is 0. The topological polar surface area (TPSA) is 9.23 Å². The van der Waals surface area contributed by atoms with Gasteiger partial charge < -0.3 is 4.12 Å². The van der Waals surface area contributed by atoms with Crippen molar-refractivity contribution in [3.8, 4) is 0 Å². The maximum Gasteiger partial charge on any atom is 0.183 e. The van der Waals surface area contributed by atoms with E-state index < -0.39 is 9.04 Å². The molecule has 0 amide bonds. The minimum atomic E-state index is -0.835. The predicted molar refractivity (Wildman–Crippen MR) is 34.2 cm³/mol. The molecule has 0 bridgehead atoms. The zero-order chi connectivity index (χ0) is 4.99. The van der Waals surface area contributed by atoms with Crippen molar-refractivity contribution >= 4 is 19.5 Å². The molecule has 0 aromatic rings. The first kappa shape index (κ1) is 10.7. The molecule has 0 N–H and O–H groups in total. The summed E-state index contributed by atoms with van der Waals surface area (Å²) >= 11 is 0. The first-order valence-electron chi connectivity index (χ1n) is 1.96. The first-order chi connectivity index (χ1) is 2.81. The molecule has 0 aromatic heterocycles. The Morgan fingerprint density at radius 3 is 2.29 bits per heavy atom. The molecule has 4 heteroatoms. The minimum Gasteiger partial charge on any atom is -0.463 e. The third-order valence-electron chi connectivity index (χ3n) is 0.704. The molecule has 0 fully saturated rings. The Kier molecular flexibility index (Phi) is 10.5. The van der Waals surface area contributed by atoms with E-state index in [2.05, 4.69) is 13.1 Å². The molecule has 46 valence electrons. The maximum atomic E-state index is 5.06. The monoisotopic (exact) mass is 313 g/mol. The summed E-state index contributed by atoms with van der Waals surface area (Å²) in [5, 5.41) is 0. The molecule has 1 unspecified atom stereocenters. The normalized spacial score (nSPS) is 12.1. The summed E-state index contributed by atoms with van der Waals surface area (Å²) in [5.74, 6) is 0. The van der Waals surface area contributed by atoms with Gasteiger partial charge >= 0.3 is 0 Å². The zero-order valence-electron chi connectivity index (χ0n) is 4.59. The molecular weight excluding hydrogens is 303 g/mol. The van der Waals surface area contributed by atoms with Gasteiger partial charge in [0.1, 0.15) is 10.5 Å². The van der Waals surface area contributed by atoms with Crippen molar-refractivity contribution in [2.45, 2.75) is 6.55 Å². The second-order valence-corrected chi connectivity index (χ2v) is 4.94. The van der Waals surface area contributed by atoms with Gasteiger partial charge in [0.15, 0.2) is 9.04 Å².